The van der Waals surface area contributed by atoms with E-state index in [1.807, 2.05) is 5.32 Å². The van der Waals surface area contributed by atoms with Crippen molar-refractivity contribution in [3.8, 4) is 0 Å². The highest BCUT2D eigenvalue weighted by Gasteiger charge is 2.29. The number of aliphatic carboxylic acids is 1. The highest BCUT2D eigenvalue weighted by atomic mass is 16.4. The second-order valence-corrected chi connectivity index (χ2v) is 4.58. The Kier molecular flexibility index (Phi) is 8.01. The number of amides is 3. The molecule has 0 unspecified atom stereocenters. The molecule has 0 bridgehead atoms. The van der Waals surface area contributed by atoms with Gasteiger partial charge in [-0.1, -0.05) is 0 Å². The molecular formula is C11H20N4O7. The van der Waals surface area contributed by atoms with Crippen molar-refractivity contribution >= 4 is 23.7 Å². The third-order valence-corrected chi connectivity index (χ3v) is 2.66. The number of aliphatic hydroxyl groups excluding tert-OH is 2. The zero-order valence-corrected chi connectivity index (χ0v) is 11.9. The molecule has 9 N–H and O–H groups in total. The summed E-state index contributed by atoms with van der Waals surface area (Å²) in [7, 11) is 0. The minimum Gasteiger partial charge on any atom is -0.480 e. The maximum atomic E-state index is 11.9. The van der Waals surface area contributed by atoms with Gasteiger partial charge in [0.2, 0.25) is 17.7 Å². The third-order valence-electron chi connectivity index (χ3n) is 2.66. The molecule has 0 aromatic carbocycles. The van der Waals surface area contributed by atoms with E-state index >= 15 is 0 Å². The molecule has 0 rings (SSSR count). The van der Waals surface area contributed by atoms with E-state index in [1.54, 1.807) is 0 Å². The van der Waals surface area contributed by atoms with E-state index < -0.39 is 60.9 Å². The fourth-order valence-electron chi connectivity index (χ4n) is 1.36. The number of nitrogens with one attached hydrogen (secondary N) is 2. The number of carboxylic acids is 1. The normalized spacial score (nSPS) is 16.0. The van der Waals surface area contributed by atoms with Crippen LogP contribution in [0, 0.1) is 0 Å². The Morgan fingerprint density at radius 2 is 1.59 bits per heavy atom. The van der Waals surface area contributed by atoms with Gasteiger partial charge in [0.05, 0.1) is 19.1 Å². The van der Waals surface area contributed by atoms with Crippen molar-refractivity contribution in [3.05, 3.63) is 0 Å². The molecule has 0 saturated carbocycles. The summed E-state index contributed by atoms with van der Waals surface area (Å²) in [4.78, 5) is 45.2. The molecule has 3 amide bonds. The smallest absolute Gasteiger partial charge is 0.328 e. The number of hydrogen-bond acceptors (Lipinski definition) is 7. The van der Waals surface area contributed by atoms with Gasteiger partial charge < -0.3 is 37.4 Å². The predicted octanol–water partition coefficient (Wildman–Crippen LogP) is -4.38. The molecular weight excluding hydrogens is 300 g/mol. The van der Waals surface area contributed by atoms with E-state index in [2.05, 4.69) is 5.32 Å². The first kappa shape index (κ1) is 19.8. The Bertz CT molecular complexity index is 440. The Morgan fingerprint density at radius 1 is 1.09 bits per heavy atom. The summed E-state index contributed by atoms with van der Waals surface area (Å²) in [5.41, 5.74) is 10.3. The lowest BCUT2D eigenvalue weighted by Gasteiger charge is -2.22. The molecule has 0 radical (unpaired) electrons. The number of hydrogen-bond donors (Lipinski definition) is 7. The van der Waals surface area contributed by atoms with Crippen molar-refractivity contribution < 1.29 is 34.5 Å². The van der Waals surface area contributed by atoms with Gasteiger partial charge in [-0.2, -0.15) is 0 Å². The van der Waals surface area contributed by atoms with Gasteiger partial charge >= 0.3 is 5.97 Å². The van der Waals surface area contributed by atoms with Crippen molar-refractivity contribution in [1.29, 1.82) is 0 Å². The number of carbonyl (C=O) groups excluding carboxylic acids is 3. The molecule has 0 fully saturated rings. The van der Waals surface area contributed by atoms with Gasteiger partial charge in [0.15, 0.2) is 0 Å². The second-order valence-electron chi connectivity index (χ2n) is 4.58. The average Bonchev–Trinajstić information content (AvgIpc) is 2.41. The van der Waals surface area contributed by atoms with Crippen molar-refractivity contribution in [1.82, 2.24) is 10.6 Å². The first-order chi connectivity index (χ1) is 10.1. The van der Waals surface area contributed by atoms with Crippen LogP contribution in [0.1, 0.15) is 13.3 Å². The summed E-state index contributed by atoms with van der Waals surface area (Å²) >= 11 is 0. The maximum Gasteiger partial charge on any atom is 0.328 e. The molecule has 126 valence electrons. The second kappa shape index (κ2) is 8.92. The van der Waals surface area contributed by atoms with Crippen molar-refractivity contribution in [2.45, 2.75) is 37.6 Å². The number of carbonyl (C=O) groups is 4. The quantitative estimate of drug-likeness (QED) is 0.220. The molecule has 4 atom stereocenters. The van der Waals surface area contributed by atoms with Crippen LogP contribution in [0.25, 0.3) is 0 Å². The number of aliphatic hydroxyl groups is 2. The van der Waals surface area contributed by atoms with Gasteiger partial charge in [-0.3, -0.25) is 14.4 Å². The molecule has 0 heterocycles. The molecule has 0 aliphatic rings. The van der Waals surface area contributed by atoms with Crippen LogP contribution in [0.3, 0.4) is 0 Å². The minimum atomic E-state index is -1.61. The largest absolute Gasteiger partial charge is 0.480 e. The molecule has 0 aromatic heterocycles. The minimum absolute atomic E-state index is 0.609. The number of rotatable bonds is 9. The molecule has 11 nitrogen and oxygen atoms in total. The van der Waals surface area contributed by atoms with Crippen LogP contribution in [0.15, 0.2) is 0 Å². The summed E-state index contributed by atoms with van der Waals surface area (Å²) in [6.45, 7) is 0.366. The predicted molar refractivity (Wildman–Crippen MR) is 72.1 cm³/mol. The van der Waals surface area contributed by atoms with Crippen LogP contribution in [0.4, 0.5) is 0 Å². The zero-order valence-electron chi connectivity index (χ0n) is 11.9. The molecule has 0 aliphatic heterocycles. The molecule has 0 aliphatic carbocycles. The van der Waals surface area contributed by atoms with Crippen LogP contribution in [0.2, 0.25) is 0 Å². The van der Waals surface area contributed by atoms with Crippen molar-refractivity contribution in [2.24, 2.45) is 11.5 Å². The first-order valence-electron chi connectivity index (χ1n) is 6.26. The van der Waals surface area contributed by atoms with Crippen LogP contribution in [0.5, 0.6) is 0 Å². The van der Waals surface area contributed by atoms with Crippen molar-refractivity contribution in [2.75, 3.05) is 6.61 Å². The standard InChI is InChI=1S/C11H20N4O7/c1-4(17)8(13)10(20)14-5(2-7(12)18)9(19)15-6(3-16)11(21)22/h4-6,8,16-17H,2-3,13H2,1H3,(H2,12,18)(H,14,20)(H,15,19)(H,21,22)/t4-,5+,6+,8+/m1/s1. The lowest BCUT2D eigenvalue weighted by Crippen LogP contribution is -2.57. The third kappa shape index (κ3) is 6.47. The van der Waals surface area contributed by atoms with Gasteiger partial charge in [0.1, 0.15) is 18.1 Å². The highest BCUT2D eigenvalue weighted by Crippen LogP contribution is 1.97. The van der Waals surface area contributed by atoms with E-state index in [1.165, 1.54) is 6.92 Å². The van der Waals surface area contributed by atoms with Crippen LogP contribution in [-0.2, 0) is 19.2 Å². The first-order valence-corrected chi connectivity index (χ1v) is 6.26. The van der Waals surface area contributed by atoms with Crippen molar-refractivity contribution in [3.63, 3.8) is 0 Å². The van der Waals surface area contributed by atoms with E-state index in [0.29, 0.717) is 0 Å². The molecule has 22 heavy (non-hydrogen) atoms. The highest BCUT2D eigenvalue weighted by molar-refractivity contribution is 5.94. The number of primary amides is 1. The zero-order chi connectivity index (χ0) is 17.4. The lowest BCUT2D eigenvalue weighted by molar-refractivity contribution is -0.143. The molecule has 0 aromatic rings. The molecule has 0 spiro atoms. The summed E-state index contributed by atoms with van der Waals surface area (Å²) in [6.07, 6.45) is -1.82. The Labute approximate surface area is 125 Å². The van der Waals surface area contributed by atoms with Gasteiger partial charge in [-0.25, -0.2) is 4.79 Å². The van der Waals surface area contributed by atoms with E-state index in [4.69, 9.17) is 21.7 Å². The molecule has 11 heteroatoms. The van der Waals surface area contributed by atoms with Gasteiger partial charge in [0, 0.05) is 0 Å². The lowest BCUT2D eigenvalue weighted by atomic mass is 10.1. The Balaban J connectivity index is 4.97. The number of nitrogens with two attached hydrogens (primary N) is 2. The van der Waals surface area contributed by atoms with E-state index in [0.717, 1.165) is 0 Å². The van der Waals surface area contributed by atoms with Crippen LogP contribution < -0.4 is 22.1 Å². The SMILES string of the molecule is C[C@@H](O)[C@H](N)C(=O)N[C@@H](CC(N)=O)C(=O)N[C@@H](CO)C(=O)O. The van der Waals surface area contributed by atoms with E-state index in [-0.39, 0.29) is 0 Å². The van der Waals surface area contributed by atoms with Crippen LogP contribution in [-0.4, -0.2) is 69.8 Å². The maximum absolute atomic E-state index is 11.9. The van der Waals surface area contributed by atoms with E-state index in [9.17, 15) is 24.3 Å². The fourth-order valence-corrected chi connectivity index (χ4v) is 1.36. The van der Waals surface area contributed by atoms with Gasteiger partial charge in [-0.15, -0.1) is 0 Å². The van der Waals surface area contributed by atoms with Gasteiger partial charge in [-0.05, 0) is 6.92 Å². The average molecular weight is 320 g/mol. The summed E-state index contributed by atoms with van der Waals surface area (Å²) in [6, 6.07) is -4.44. The summed E-state index contributed by atoms with van der Waals surface area (Å²) in [5.74, 6) is -4.39. The Morgan fingerprint density at radius 3 is 1.95 bits per heavy atom. The summed E-state index contributed by atoms with van der Waals surface area (Å²) in [5, 5.41) is 30.8. The van der Waals surface area contributed by atoms with Crippen LogP contribution >= 0.6 is 0 Å². The number of carboxylic acid groups (broad SMARTS) is 1. The van der Waals surface area contributed by atoms with Gasteiger partial charge in [0.25, 0.3) is 0 Å². The monoisotopic (exact) mass is 320 g/mol. The summed E-state index contributed by atoms with van der Waals surface area (Å²) < 4.78 is 0. The fraction of sp³-hybridized carbons (Fsp3) is 0.636. The molecule has 0 saturated heterocycles. The topological polar surface area (TPSA) is 205 Å². The Hall–Kier alpha value is -2.24.